The fourth-order valence-electron chi connectivity index (χ4n) is 6.59. The van der Waals surface area contributed by atoms with Gasteiger partial charge in [-0.05, 0) is 94.5 Å². The van der Waals surface area contributed by atoms with E-state index in [1.807, 2.05) is 6.08 Å². The highest BCUT2D eigenvalue weighted by molar-refractivity contribution is 5.99. The summed E-state index contributed by atoms with van der Waals surface area (Å²) in [6, 6.07) is 29.4. The Labute approximate surface area is 209 Å². The van der Waals surface area contributed by atoms with Crippen LogP contribution < -0.4 is 0 Å². The van der Waals surface area contributed by atoms with Gasteiger partial charge in [-0.3, -0.25) is 0 Å². The van der Waals surface area contributed by atoms with Crippen LogP contribution >= 0.6 is 0 Å². The molecule has 0 N–H and O–H groups in total. The van der Waals surface area contributed by atoms with Crippen molar-refractivity contribution >= 4 is 5.57 Å². The standard InChI is InChI=1S/C35H30/c1-6-12-30-25(7-2)28-15-10-11-16-31(28)35(30)32-20-19-27(26-14-9-8-13-23(26)4)24(5)34(32)29-18-17-22(3)21-33(29)35/h6-21H,2H2,1,3-5H3/b12-6-. The predicted molar refractivity (Wildman–Crippen MR) is 150 cm³/mol. The lowest BCUT2D eigenvalue weighted by molar-refractivity contribution is 0.784. The molecular weight excluding hydrogens is 420 g/mol. The van der Waals surface area contributed by atoms with Gasteiger partial charge in [0, 0.05) is 0 Å². The lowest BCUT2D eigenvalue weighted by Crippen LogP contribution is -2.27. The van der Waals surface area contributed by atoms with Crippen molar-refractivity contribution in [2.75, 3.05) is 0 Å². The Morgan fingerprint density at radius 3 is 2.14 bits per heavy atom. The van der Waals surface area contributed by atoms with Gasteiger partial charge < -0.3 is 0 Å². The minimum Gasteiger partial charge on any atom is -0.0984 e. The van der Waals surface area contributed by atoms with E-state index < -0.39 is 0 Å². The van der Waals surface area contributed by atoms with Gasteiger partial charge >= 0.3 is 0 Å². The smallest absolute Gasteiger partial charge is 0.0725 e. The maximum atomic E-state index is 4.25. The van der Waals surface area contributed by atoms with Crippen LogP contribution in [-0.4, -0.2) is 0 Å². The first-order valence-electron chi connectivity index (χ1n) is 12.4. The monoisotopic (exact) mass is 450 g/mol. The maximum absolute atomic E-state index is 4.25. The van der Waals surface area contributed by atoms with E-state index in [-0.39, 0.29) is 5.41 Å². The molecule has 4 aromatic carbocycles. The fraction of sp³-hybridized carbons (Fsp3) is 0.143. The summed E-state index contributed by atoms with van der Waals surface area (Å²) in [5.41, 5.74) is 16.9. The van der Waals surface area contributed by atoms with Gasteiger partial charge in [0.2, 0.25) is 0 Å². The van der Waals surface area contributed by atoms with E-state index >= 15 is 0 Å². The molecule has 6 rings (SSSR count). The Kier molecular flexibility index (Phi) is 4.83. The third-order valence-electron chi connectivity index (χ3n) is 8.01. The second-order valence-corrected chi connectivity index (χ2v) is 9.85. The summed E-state index contributed by atoms with van der Waals surface area (Å²) in [4.78, 5) is 0. The first kappa shape index (κ1) is 21.6. The van der Waals surface area contributed by atoms with Gasteiger partial charge in [-0.25, -0.2) is 0 Å². The molecule has 0 aromatic heterocycles. The predicted octanol–water partition coefficient (Wildman–Crippen LogP) is 9.12. The lowest BCUT2D eigenvalue weighted by atomic mass is 9.69. The first-order chi connectivity index (χ1) is 17.0. The summed E-state index contributed by atoms with van der Waals surface area (Å²) in [6.45, 7) is 13.1. The van der Waals surface area contributed by atoms with Crippen LogP contribution in [0.25, 0.3) is 27.8 Å². The van der Waals surface area contributed by atoms with Crippen LogP contribution in [0, 0.1) is 20.8 Å². The molecule has 35 heavy (non-hydrogen) atoms. The molecule has 1 unspecified atom stereocenters. The summed E-state index contributed by atoms with van der Waals surface area (Å²) in [5.74, 6) is 0. The molecule has 0 heteroatoms. The van der Waals surface area contributed by atoms with E-state index in [1.165, 1.54) is 72.3 Å². The zero-order chi connectivity index (χ0) is 24.3. The zero-order valence-electron chi connectivity index (χ0n) is 20.9. The van der Waals surface area contributed by atoms with Crippen LogP contribution in [0.4, 0.5) is 0 Å². The Morgan fingerprint density at radius 1 is 0.686 bits per heavy atom. The highest BCUT2D eigenvalue weighted by Gasteiger charge is 2.52. The molecule has 0 amide bonds. The van der Waals surface area contributed by atoms with Gasteiger partial charge in [0.05, 0.1) is 5.41 Å². The molecule has 1 atom stereocenters. The number of allylic oxidation sites excluding steroid dienone is 5. The third-order valence-corrected chi connectivity index (χ3v) is 8.01. The number of aryl methyl sites for hydroxylation is 2. The lowest BCUT2D eigenvalue weighted by Gasteiger charge is -2.32. The van der Waals surface area contributed by atoms with Gasteiger partial charge in [0.15, 0.2) is 0 Å². The normalized spacial score (nSPS) is 17.7. The highest BCUT2D eigenvalue weighted by atomic mass is 14.5. The van der Waals surface area contributed by atoms with E-state index in [9.17, 15) is 0 Å². The molecule has 0 saturated heterocycles. The third kappa shape index (κ3) is 2.74. The summed E-state index contributed by atoms with van der Waals surface area (Å²) in [5, 5.41) is 0. The van der Waals surface area contributed by atoms with Crippen molar-refractivity contribution in [2.24, 2.45) is 0 Å². The van der Waals surface area contributed by atoms with Crippen molar-refractivity contribution in [2.45, 2.75) is 33.1 Å². The van der Waals surface area contributed by atoms with Crippen LogP contribution in [0.2, 0.25) is 0 Å². The van der Waals surface area contributed by atoms with Crippen molar-refractivity contribution in [3.05, 3.63) is 148 Å². The summed E-state index contributed by atoms with van der Waals surface area (Å²) < 4.78 is 0. The first-order valence-corrected chi connectivity index (χ1v) is 12.4. The molecule has 0 radical (unpaired) electrons. The Morgan fingerprint density at radius 2 is 1.40 bits per heavy atom. The van der Waals surface area contributed by atoms with Crippen molar-refractivity contribution in [1.82, 2.24) is 0 Å². The van der Waals surface area contributed by atoms with Crippen molar-refractivity contribution in [1.29, 1.82) is 0 Å². The molecule has 4 aromatic rings. The Bertz CT molecular complexity index is 1590. The number of fused-ring (bicyclic) bond motifs is 7. The largest absolute Gasteiger partial charge is 0.0984 e. The van der Waals surface area contributed by atoms with Crippen LogP contribution in [0.15, 0.2) is 109 Å². The molecule has 170 valence electrons. The molecular formula is C35H30. The Hall–Kier alpha value is -3.90. The average Bonchev–Trinajstić information content (AvgIpc) is 3.31. The molecule has 0 aliphatic heterocycles. The van der Waals surface area contributed by atoms with Crippen molar-refractivity contribution in [3.8, 4) is 22.3 Å². The topological polar surface area (TPSA) is 0 Å². The molecule has 0 fully saturated rings. The molecule has 2 aliphatic rings. The van der Waals surface area contributed by atoms with E-state index in [4.69, 9.17) is 0 Å². The quantitative estimate of drug-likeness (QED) is 0.292. The summed E-state index contributed by atoms with van der Waals surface area (Å²) in [7, 11) is 0. The fourth-order valence-corrected chi connectivity index (χ4v) is 6.59. The maximum Gasteiger partial charge on any atom is 0.0725 e. The van der Waals surface area contributed by atoms with E-state index in [0.29, 0.717) is 0 Å². The Balaban J connectivity index is 1.79. The number of benzene rings is 4. The van der Waals surface area contributed by atoms with Crippen molar-refractivity contribution in [3.63, 3.8) is 0 Å². The molecule has 0 saturated carbocycles. The second-order valence-electron chi connectivity index (χ2n) is 9.85. The highest BCUT2D eigenvalue weighted by Crippen LogP contribution is 2.63. The van der Waals surface area contributed by atoms with Crippen molar-refractivity contribution < 1.29 is 0 Å². The molecule has 1 spiro atoms. The SMILES string of the molecule is C=CC1=C(/C=C\C)C2(c3ccccc31)c1cc(C)ccc1-c1c2ccc(-c2ccccc2C)c1C. The van der Waals surface area contributed by atoms with E-state index in [1.54, 1.807) is 0 Å². The van der Waals surface area contributed by atoms with Gasteiger partial charge in [0.1, 0.15) is 0 Å². The minimum absolute atomic E-state index is 0.335. The number of hydrogen-bond donors (Lipinski definition) is 0. The van der Waals surface area contributed by atoms with Crippen LogP contribution in [0.1, 0.15) is 45.9 Å². The molecule has 0 bridgehead atoms. The minimum atomic E-state index is -0.335. The molecule has 2 aliphatic carbocycles. The van der Waals surface area contributed by atoms with Crippen LogP contribution in [0.5, 0.6) is 0 Å². The van der Waals surface area contributed by atoms with Gasteiger partial charge in [-0.15, -0.1) is 0 Å². The van der Waals surface area contributed by atoms with Crippen LogP contribution in [0.3, 0.4) is 0 Å². The summed E-state index contributed by atoms with van der Waals surface area (Å²) in [6.07, 6.45) is 6.53. The number of hydrogen-bond acceptors (Lipinski definition) is 0. The van der Waals surface area contributed by atoms with Gasteiger partial charge in [-0.2, -0.15) is 0 Å². The average molecular weight is 451 g/mol. The zero-order valence-corrected chi connectivity index (χ0v) is 20.9. The van der Waals surface area contributed by atoms with Gasteiger partial charge in [0.25, 0.3) is 0 Å². The summed E-state index contributed by atoms with van der Waals surface area (Å²) >= 11 is 0. The van der Waals surface area contributed by atoms with Crippen LogP contribution in [-0.2, 0) is 5.41 Å². The molecule has 0 nitrogen and oxygen atoms in total. The van der Waals surface area contributed by atoms with Gasteiger partial charge in [-0.1, -0.05) is 109 Å². The number of rotatable bonds is 3. The molecule has 0 heterocycles. The second kappa shape index (κ2) is 7.82. The van der Waals surface area contributed by atoms with E-state index in [2.05, 4.69) is 125 Å². The van der Waals surface area contributed by atoms with E-state index in [0.717, 1.165) is 0 Å².